The Balaban J connectivity index is 3.21. The zero-order valence-electron chi connectivity index (χ0n) is 12.6. The molecule has 0 bridgehead atoms. The summed E-state index contributed by atoms with van der Waals surface area (Å²) in [7, 11) is -2.00. The molecule has 7 heteroatoms. The van der Waals surface area contributed by atoms with E-state index >= 15 is 0 Å². The van der Waals surface area contributed by atoms with E-state index in [4.69, 9.17) is 20.8 Å². The average molecular weight is 327 g/mol. The Kier molecular flexibility index (Phi) is 6.30. The Morgan fingerprint density at radius 3 is 2.33 bits per heavy atom. The molecule has 1 rings (SSSR count). The fourth-order valence-corrected chi connectivity index (χ4v) is 2.76. The lowest BCUT2D eigenvalue weighted by atomic mass is 10.1. The van der Waals surface area contributed by atoms with Crippen molar-refractivity contribution in [2.45, 2.75) is 32.7 Å². The van der Waals surface area contributed by atoms with Crippen molar-refractivity contribution in [2.75, 3.05) is 6.61 Å². The van der Waals surface area contributed by atoms with Crippen molar-refractivity contribution in [3.8, 4) is 0 Å². The number of hydrogen-bond donors (Lipinski definition) is 0. The number of rotatable bonds is 6. The number of carbonyl (C=O) groups excluding carboxylic acids is 1. The molecular weight excluding hydrogens is 308 g/mol. The molecule has 0 heterocycles. The first-order valence-electron chi connectivity index (χ1n) is 6.61. The van der Waals surface area contributed by atoms with Gasteiger partial charge in [-0.2, -0.15) is 4.79 Å². The summed E-state index contributed by atoms with van der Waals surface area (Å²) in [6.07, 6.45) is -0.780. The minimum absolute atomic E-state index is 0.165. The minimum atomic E-state index is -2.00. The topological polar surface area (TPSA) is 71.9 Å². The Morgan fingerprint density at radius 2 is 1.90 bits per heavy atom. The highest BCUT2D eigenvalue weighted by molar-refractivity contribution is 6.70. The lowest BCUT2D eigenvalue weighted by molar-refractivity contribution is -0.141. The van der Waals surface area contributed by atoms with Crippen molar-refractivity contribution < 1.29 is 18.7 Å². The van der Waals surface area contributed by atoms with Crippen molar-refractivity contribution in [2.24, 2.45) is 0 Å². The zero-order chi connectivity index (χ0) is 16.0. The quantitative estimate of drug-likeness (QED) is 0.264. The Hall–Kier alpha value is -1.46. The van der Waals surface area contributed by atoms with Gasteiger partial charge in [-0.3, -0.25) is 0 Å². The van der Waals surface area contributed by atoms with E-state index in [2.05, 4.69) is 4.79 Å². The molecule has 0 radical (unpaired) electrons. The summed E-state index contributed by atoms with van der Waals surface area (Å²) in [6.45, 7) is 7.82. The summed E-state index contributed by atoms with van der Waals surface area (Å²) >= 11 is 5.87. The van der Waals surface area contributed by atoms with Gasteiger partial charge in [-0.25, -0.2) is 4.79 Å². The van der Waals surface area contributed by atoms with Crippen molar-refractivity contribution in [3.05, 3.63) is 40.4 Å². The van der Waals surface area contributed by atoms with Crippen LogP contribution in [-0.4, -0.2) is 31.4 Å². The van der Waals surface area contributed by atoms with Gasteiger partial charge in [0.25, 0.3) is 0 Å². The third-order valence-corrected chi connectivity index (χ3v) is 3.68. The molecule has 0 aliphatic carbocycles. The van der Waals surface area contributed by atoms with E-state index in [1.165, 1.54) is 0 Å². The average Bonchev–Trinajstić information content (AvgIpc) is 2.38. The second-order valence-corrected chi connectivity index (χ2v) is 10.3. The lowest BCUT2D eigenvalue weighted by Gasteiger charge is -2.23. The highest BCUT2D eigenvalue weighted by atomic mass is 35.5. The number of hydrogen-bond acceptors (Lipinski definition) is 3. The molecule has 114 valence electrons. The predicted molar refractivity (Wildman–Crippen MR) is 83.9 cm³/mol. The molecule has 0 saturated carbocycles. The molecule has 1 aromatic carbocycles. The summed E-state index contributed by atoms with van der Waals surface area (Å²) < 4.78 is 10.9. The predicted octanol–water partition coefficient (Wildman–Crippen LogP) is 3.47. The number of ether oxygens (including phenoxy) is 1. The molecule has 0 fully saturated rings. The molecule has 0 spiro atoms. The van der Waals surface area contributed by atoms with Gasteiger partial charge in [0.15, 0.2) is 14.4 Å². The van der Waals surface area contributed by atoms with Gasteiger partial charge in [0.05, 0.1) is 6.61 Å². The van der Waals surface area contributed by atoms with Gasteiger partial charge in [0.1, 0.15) is 0 Å². The molecule has 0 aliphatic heterocycles. The van der Waals surface area contributed by atoms with Crippen LogP contribution in [0.25, 0.3) is 5.53 Å². The smallest absolute Gasteiger partial charge is 0.420 e. The maximum atomic E-state index is 11.9. The summed E-state index contributed by atoms with van der Waals surface area (Å²) in [5.74, 6) is -0.696. The van der Waals surface area contributed by atoms with Crippen molar-refractivity contribution in [1.29, 1.82) is 0 Å². The van der Waals surface area contributed by atoms with E-state index in [9.17, 15) is 10.3 Å². The van der Waals surface area contributed by atoms with Crippen LogP contribution in [0.3, 0.4) is 0 Å². The fourth-order valence-electron chi connectivity index (χ4n) is 1.68. The van der Waals surface area contributed by atoms with E-state index in [-0.39, 0.29) is 12.3 Å². The van der Waals surface area contributed by atoms with Crippen LogP contribution in [0, 0.1) is 0 Å². The number of benzene rings is 1. The number of nitrogens with zero attached hydrogens (tertiary/aromatic N) is 2. The summed E-state index contributed by atoms with van der Waals surface area (Å²) in [5.41, 5.74) is 9.72. The molecule has 0 aromatic heterocycles. The van der Waals surface area contributed by atoms with Gasteiger partial charge >= 0.3 is 11.7 Å². The third-order valence-electron chi connectivity index (χ3n) is 2.48. The standard InChI is InChI=1S/C14H19ClN2O3Si/c1-5-19-14(18)12(17-16)13(20-21(2,3)4)10-6-8-11(15)9-7-10/h6-9,13H,5H2,1-4H3. The molecule has 1 unspecified atom stereocenters. The van der Waals surface area contributed by atoms with Gasteiger partial charge in [0, 0.05) is 5.02 Å². The third kappa shape index (κ3) is 5.44. The highest BCUT2D eigenvalue weighted by Crippen LogP contribution is 2.25. The van der Waals surface area contributed by atoms with Gasteiger partial charge in [0.2, 0.25) is 0 Å². The first kappa shape index (κ1) is 17.6. The molecular formula is C14H19ClN2O3Si. The van der Waals surface area contributed by atoms with Gasteiger partial charge in [-0.15, -0.1) is 0 Å². The van der Waals surface area contributed by atoms with Gasteiger partial charge in [-0.1, -0.05) is 23.7 Å². The molecule has 1 atom stereocenters. The summed E-state index contributed by atoms with van der Waals surface area (Å²) in [4.78, 5) is 15.0. The zero-order valence-corrected chi connectivity index (χ0v) is 14.3. The summed E-state index contributed by atoms with van der Waals surface area (Å²) in [5, 5.41) is 0.573. The normalized spacial score (nSPS) is 12.4. The van der Waals surface area contributed by atoms with Gasteiger partial charge < -0.3 is 14.7 Å². The molecule has 1 aromatic rings. The highest BCUT2D eigenvalue weighted by Gasteiger charge is 2.38. The SMILES string of the molecule is CCOC(=O)C(=[N+]=[N-])C(O[Si](C)(C)C)c1ccc(Cl)cc1. The minimum Gasteiger partial charge on any atom is -0.457 e. The van der Waals surface area contributed by atoms with Crippen molar-refractivity contribution in [3.63, 3.8) is 0 Å². The number of carbonyl (C=O) groups is 1. The molecule has 5 nitrogen and oxygen atoms in total. The first-order valence-corrected chi connectivity index (χ1v) is 10.4. The molecule has 0 saturated heterocycles. The molecule has 0 N–H and O–H groups in total. The molecule has 0 aliphatic rings. The lowest BCUT2D eigenvalue weighted by Crippen LogP contribution is -2.35. The van der Waals surface area contributed by atoms with Crippen LogP contribution in [0.5, 0.6) is 0 Å². The monoisotopic (exact) mass is 326 g/mol. The maximum absolute atomic E-state index is 11.9. The number of halogens is 1. The van der Waals surface area contributed by atoms with E-state index in [1.54, 1.807) is 31.2 Å². The molecule has 0 amide bonds. The Bertz CT molecular complexity index is 548. The van der Waals surface area contributed by atoms with Crippen LogP contribution in [0.2, 0.25) is 24.7 Å². The fraction of sp³-hybridized carbons (Fsp3) is 0.429. The van der Waals surface area contributed by atoms with E-state index in [1.807, 2.05) is 19.6 Å². The van der Waals surface area contributed by atoms with Crippen molar-refractivity contribution >= 4 is 31.6 Å². The summed E-state index contributed by atoms with van der Waals surface area (Å²) in [6, 6.07) is 6.85. The Labute approximate surface area is 130 Å². The Morgan fingerprint density at radius 1 is 1.33 bits per heavy atom. The van der Waals surface area contributed by atoms with E-state index < -0.39 is 20.4 Å². The van der Waals surface area contributed by atoms with Gasteiger partial charge in [-0.05, 0) is 44.3 Å². The first-order chi connectivity index (χ1) is 9.78. The van der Waals surface area contributed by atoms with E-state index in [0.29, 0.717) is 10.6 Å². The van der Waals surface area contributed by atoms with Crippen LogP contribution >= 0.6 is 11.6 Å². The van der Waals surface area contributed by atoms with Crippen LogP contribution in [0.1, 0.15) is 18.6 Å². The van der Waals surface area contributed by atoms with Crippen LogP contribution in [0.15, 0.2) is 24.3 Å². The largest absolute Gasteiger partial charge is 0.457 e. The van der Waals surface area contributed by atoms with Crippen LogP contribution in [-0.2, 0) is 14.0 Å². The maximum Gasteiger partial charge on any atom is 0.420 e. The number of esters is 1. The second kappa shape index (κ2) is 7.52. The van der Waals surface area contributed by atoms with E-state index in [0.717, 1.165) is 0 Å². The van der Waals surface area contributed by atoms with Crippen LogP contribution < -0.4 is 0 Å². The molecule has 21 heavy (non-hydrogen) atoms. The van der Waals surface area contributed by atoms with Crippen molar-refractivity contribution in [1.82, 2.24) is 0 Å². The second-order valence-electron chi connectivity index (χ2n) is 5.37. The van der Waals surface area contributed by atoms with Crippen LogP contribution in [0.4, 0.5) is 0 Å².